The summed E-state index contributed by atoms with van der Waals surface area (Å²) >= 11 is 1.22. The lowest BCUT2D eigenvalue weighted by Gasteiger charge is -2.30. The van der Waals surface area contributed by atoms with E-state index in [0.717, 1.165) is 25.7 Å². The molecule has 1 aliphatic rings. The molecule has 1 aliphatic carbocycles. The van der Waals surface area contributed by atoms with E-state index in [1.54, 1.807) is 11.0 Å². The average molecular weight is 349 g/mol. The molecule has 2 aromatic heterocycles. The Morgan fingerprint density at radius 2 is 1.96 bits per heavy atom. The van der Waals surface area contributed by atoms with Gasteiger partial charge in [0.2, 0.25) is 0 Å². The number of hydrogen-bond donors (Lipinski definition) is 0. The zero-order valence-electron chi connectivity index (χ0n) is 13.7. The van der Waals surface area contributed by atoms with Crippen molar-refractivity contribution < 1.29 is 18.7 Å². The number of carbonyl (C=O) groups is 2. The first kappa shape index (κ1) is 16.7. The Labute approximate surface area is 143 Å². The molecule has 0 spiro atoms. The van der Waals surface area contributed by atoms with Gasteiger partial charge in [0.05, 0.1) is 16.7 Å². The minimum absolute atomic E-state index is 0.0784. The second-order valence-corrected chi connectivity index (χ2v) is 7.07. The summed E-state index contributed by atoms with van der Waals surface area (Å²) in [4.78, 5) is 38.4. The van der Waals surface area contributed by atoms with E-state index in [0.29, 0.717) is 15.2 Å². The Hall–Kier alpha value is -2.15. The van der Waals surface area contributed by atoms with E-state index in [2.05, 4.69) is 4.74 Å². The molecule has 2 aromatic rings. The minimum Gasteiger partial charge on any atom is -0.465 e. The molecule has 0 bridgehead atoms. The molecule has 1 fully saturated rings. The number of hydrogen-bond acceptors (Lipinski definition) is 6. The van der Waals surface area contributed by atoms with Gasteiger partial charge in [-0.05, 0) is 18.9 Å². The van der Waals surface area contributed by atoms with Crippen LogP contribution in [0.5, 0.6) is 0 Å². The zero-order chi connectivity index (χ0) is 17.3. The first-order chi connectivity index (χ1) is 11.5. The van der Waals surface area contributed by atoms with Crippen LogP contribution in [0, 0.1) is 0 Å². The van der Waals surface area contributed by atoms with Crippen molar-refractivity contribution in [3.8, 4) is 0 Å². The van der Waals surface area contributed by atoms with E-state index in [1.807, 2.05) is 7.05 Å². The summed E-state index contributed by atoms with van der Waals surface area (Å²) in [5, 5.41) is 0. The number of ether oxygens (including phenoxy) is 1. The Balaban J connectivity index is 1.91. The maximum atomic E-state index is 12.7. The number of thiophene rings is 1. The average Bonchev–Trinajstić information content (AvgIpc) is 3.02. The highest BCUT2D eigenvalue weighted by Gasteiger charge is 2.25. The van der Waals surface area contributed by atoms with E-state index in [4.69, 9.17) is 4.42 Å². The molecule has 0 N–H and O–H groups in total. The fraction of sp³-hybridized carbons (Fsp3) is 0.471. The van der Waals surface area contributed by atoms with Crippen molar-refractivity contribution in [1.29, 1.82) is 0 Å². The highest BCUT2D eigenvalue weighted by atomic mass is 32.1. The maximum absolute atomic E-state index is 12.7. The molecule has 24 heavy (non-hydrogen) atoms. The number of carbonyl (C=O) groups excluding carboxylic acids is 2. The Morgan fingerprint density at radius 3 is 2.62 bits per heavy atom. The molecule has 2 heterocycles. The summed E-state index contributed by atoms with van der Waals surface area (Å²) in [7, 11) is 3.02. The number of amides is 1. The highest BCUT2D eigenvalue weighted by molar-refractivity contribution is 7.20. The maximum Gasteiger partial charge on any atom is 0.351 e. The summed E-state index contributed by atoms with van der Waals surface area (Å²) in [6.07, 6.45) is 5.56. The third-order valence-electron chi connectivity index (χ3n) is 4.48. The molecular formula is C17H19NO5S. The first-order valence-corrected chi connectivity index (χ1v) is 8.76. The molecule has 0 aromatic carbocycles. The van der Waals surface area contributed by atoms with E-state index in [1.165, 1.54) is 30.9 Å². The predicted molar refractivity (Wildman–Crippen MR) is 90.7 cm³/mol. The van der Waals surface area contributed by atoms with Gasteiger partial charge in [-0.2, -0.15) is 0 Å². The number of esters is 1. The van der Waals surface area contributed by atoms with Crippen molar-refractivity contribution in [1.82, 2.24) is 4.90 Å². The lowest BCUT2D eigenvalue weighted by atomic mass is 9.94. The monoisotopic (exact) mass is 349 g/mol. The van der Waals surface area contributed by atoms with Crippen LogP contribution in [0.4, 0.5) is 0 Å². The van der Waals surface area contributed by atoms with Crippen molar-refractivity contribution >= 4 is 33.5 Å². The molecule has 1 saturated carbocycles. The summed E-state index contributed by atoms with van der Waals surface area (Å²) in [5.74, 6) is -0.823. The van der Waals surface area contributed by atoms with Gasteiger partial charge in [-0.1, -0.05) is 19.3 Å². The third-order valence-corrected chi connectivity index (χ3v) is 5.53. The quantitative estimate of drug-likeness (QED) is 0.796. The van der Waals surface area contributed by atoms with Gasteiger partial charge in [0.15, 0.2) is 0 Å². The molecule has 128 valence electrons. The van der Waals surface area contributed by atoms with Crippen LogP contribution in [0.2, 0.25) is 0 Å². The van der Waals surface area contributed by atoms with Gasteiger partial charge in [-0.15, -0.1) is 11.3 Å². The van der Waals surface area contributed by atoms with E-state index >= 15 is 0 Å². The Kier molecular flexibility index (Phi) is 4.71. The van der Waals surface area contributed by atoms with Crippen molar-refractivity contribution in [2.45, 2.75) is 38.1 Å². The number of rotatable bonds is 3. The van der Waals surface area contributed by atoms with Gasteiger partial charge in [-0.3, -0.25) is 4.79 Å². The minimum atomic E-state index is -0.758. The summed E-state index contributed by atoms with van der Waals surface area (Å²) in [5.41, 5.74) is -0.601. The second-order valence-electron chi connectivity index (χ2n) is 5.99. The van der Waals surface area contributed by atoms with Crippen molar-refractivity contribution in [2.24, 2.45) is 0 Å². The fourth-order valence-electron chi connectivity index (χ4n) is 3.08. The normalized spacial score (nSPS) is 15.4. The first-order valence-electron chi connectivity index (χ1n) is 7.94. The van der Waals surface area contributed by atoms with Crippen LogP contribution >= 0.6 is 11.3 Å². The zero-order valence-corrected chi connectivity index (χ0v) is 14.5. The van der Waals surface area contributed by atoms with Gasteiger partial charge in [0, 0.05) is 19.2 Å². The lowest BCUT2D eigenvalue weighted by Crippen LogP contribution is -2.37. The van der Waals surface area contributed by atoms with Crippen LogP contribution in [0.25, 0.3) is 10.3 Å². The smallest absolute Gasteiger partial charge is 0.351 e. The SMILES string of the molecule is COC(=O)c1cc2sc(C(=O)N(C)C3CCCCC3)cc2oc1=O. The van der Waals surface area contributed by atoms with E-state index in [9.17, 15) is 14.4 Å². The second kappa shape index (κ2) is 6.76. The molecule has 3 rings (SSSR count). The van der Waals surface area contributed by atoms with Crippen molar-refractivity contribution in [3.63, 3.8) is 0 Å². The fourth-order valence-corrected chi connectivity index (χ4v) is 4.09. The molecule has 0 saturated heterocycles. The molecule has 0 radical (unpaired) electrons. The number of nitrogens with zero attached hydrogens (tertiary/aromatic N) is 1. The summed E-state index contributed by atoms with van der Waals surface area (Å²) in [6, 6.07) is 3.26. The van der Waals surface area contributed by atoms with Gasteiger partial charge in [0.1, 0.15) is 11.1 Å². The molecule has 0 atom stereocenters. The standard InChI is InChI=1S/C17H19NO5S/c1-18(10-6-4-3-5-7-10)15(19)14-9-12-13(24-14)8-11(16(20)22-2)17(21)23-12/h8-10H,3-7H2,1-2H3. The van der Waals surface area contributed by atoms with Crippen molar-refractivity contribution in [3.05, 3.63) is 33.0 Å². The molecule has 6 nitrogen and oxygen atoms in total. The summed E-state index contributed by atoms with van der Waals surface area (Å²) in [6.45, 7) is 0. The van der Waals surface area contributed by atoms with Gasteiger partial charge in [0.25, 0.3) is 5.91 Å². The highest BCUT2D eigenvalue weighted by Crippen LogP contribution is 2.29. The Morgan fingerprint density at radius 1 is 1.25 bits per heavy atom. The van der Waals surface area contributed by atoms with Crippen molar-refractivity contribution in [2.75, 3.05) is 14.2 Å². The van der Waals surface area contributed by atoms with Crippen LogP contribution in [0.1, 0.15) is 52.1 Å². The lowest BCUT2D eigenvalue weighted by molar-refractivity contribution is 0.0595. The molecular weight excluding hydrogens is 330 g/mol. The van der Waals surface area contributed by atoms with Crippen LogP contribution in [-0.2, 0) is 4.74 Å². The van der Waals surface area contributed by atoms with Crippen LogP contribution < -0.4 is 5.63 Å². The molecule has 7 heteroatoms. The largest absolute Gasteiger partial charge is 0.465 e. The van der Waals surface area contributed by atoms with E-state index in [-0.39, 0.29) is 17.5 Å². The van der Waals surface area contributed by atoms with Gasteiger partial charge < -0.3 is 14.1 Å². The topological polar surface area (TPSA) is 76.8 Å². The number of fused-ring (bicyclic) bond motifs is 1. The number of methoxy groups -OCH3 is 1. The molecule has 1 amide bonds. The van der Waals surface area contributed by atoms with Crippen LogP contribution in [-0.4, -0.2) is 37.0 Å². The van der Waals surface area contributed by atoms with Gasteiger partial charge in [-0.25, -0.2) is 9.59 Å². The Bertz CT molecular complexity index is 831. The third kappa shape index (κ3) is 3.08. The predicted octanol–water partition coefficient (Wildman–Crippen LogP) is 3.05. The summed E-state index contributed by atoms with van der Waals surface area (Å²) < 4.78 is 10.3. The van der Waals surface area contributed by atoms with E-state index < -0.39 is 11.6 Å². The van der Waals surface area contributed by atoms with Crippen LogP contribution in [0.3, 0.4) is 0 Å². The molecule has 0 unspecified atom stereocenters. The van der Waals surface area contributed by atoms with Crippen LogP contribution in [0.15, 0.2) is 21.3 Å². The molecule has 0 aliphatic heterocycles. The van der Waals surface area contributed by atoms with Gasteiger partial charge >= 0.3 is 11.6 Å².